The number of aliphatic hydroxyl groups excluding tert-OH is 1. The van der Waals surface area contributed by atoms with Crippen LogP contribution in [0.2, 0.25) is 0 Å². The van der Waals surface area contributed by atoms with E-state index in [1.54, 1.807) is 0 Å². The molecule has 0 aromatic heterocycles. The molecule has 0 bridgehead atoms. The Morgan fingerprint density at radius 3 is 1.16 bits per heavy atom. The van der Waals surface area contributed by atoms with Crippen LogP contribution in [0.25, 0.3) is 0 Å². The highest BCUT2D eigenvalue weighted by molar-refractivity contribution is 7.47. The Morgan fingerprint density at radius 2 is 0.828 bits per heavy atom. The van der Waals surface area contributed by atoms with E-state index in [4.69, 9.17) is 9.05 Å². The van der Waals surface area contributed by atoms with E-state index in [1.807, 2.05) is 21.1 Å². The van der Waals surface area contributed by atoms with Gasteiger partial charge < -0.3 is 19.8 Å². The van der Waals surface area contributed by atoms with Crippen LogP contribution in [0.5, 0.6) is 0 Å². The lowest BCUT2D eigenvalue weighted by Gasteiger charge is -2.26. The van der Waals surface area contributed by atoms with Crippen LogP contribution in [0.3, 0.4) is 0 Å². The zero-order chi connectivity index (χ0) is 42.8. The molecule has 0 aliphatic carbocycles. The molecule has 0 aliphatic heterocycles. The molecule has 0 aliphatic rings. The molecule has 0 aromatic rings. The Morgan fingerprint density at radius 1 is 0.517 bits per heavy atom. The number of unbranched alkanes of at least 4 members (excludes halogenated alkanes) is 34. The van der Waals surface area contributed by atoms with E-state index in [1.165, 1.54) is 193 Å². The van der Waals surface area contributed by atoms with Crippen LogP contribution in [0.15, 0.2) is 0 Å². The molecule has 9 heteroatoms. The van der Waals surface area contributed by atoms with Crippen molar-refractivity contribution >= 4 is 13.7 Å². The molecule has 0 saturated heterocycles. The average molecular weight is 846 g/mol. The maximum Gasteiger partial charge on any atom is 0.472 e. The molecule has 348 valence electrons. The van der Waals surface area contributed by atoms with Gasteiger partial charge in [0.2, 0.25) is 5.91 Å². The highest BCUT2D eigenvalue weighted by Gasteiger charge is 2.28. The molecule has 0 saturated carbocycles. The third kappa shape index (κ3) is 43.6. The number of quaternary nitrogens is 1. The van der Waals surface area contributed by atoms with E-state index in [2.05, 4.69) is 19.2 Å². The number of hydrogen-bond acceptors (Lipinski definition) is 5. The topological polar surface area (TPSA) is 105 Å². The number of likely N-dealkylation sites (N-methyl/N-ethyl adjacent to an activating group) is 1. The van der Waals surface area contributed by atoms with Crippen LogP contribution in [0, 0.1) is 0 Å². The fraction of sp³-hybridized carbons (Fsp3) is 0.980. The van der Waals surface area contributed by atoms with Crippen LogP contribution in [-0.2, 0) is 18.4 Å². The van der Waals surface area contributed by atoms with Crippen LogP contribution in [0.4, 0.5) is 0 Å². The molecule has 1 amide bonds. The van der Waals surface area contributed by atoms with Gasteiger partial charge in [0.1, 0.15) is 13.2 Å². The highest BCUT2D eigenvalue weighted by Crippen LogP contribution is 2.43. The molecule has 0 heterocycles. The van der Waals surface area contributed by atoms with Crippen molar-refractivity contribution in [3.8, 4) is 0 Å². The second kappa shape index (κ2) is 41.8. The number of nitrogens with one attached hydrogen (secondary N) is 1. The molecule has 0 spiro atoms. The molecule has 58 heavy (non-hydrogen) atoms. The van der Waals surface area contributed by atoms with E-state index in [-0.39, 0.29) is 19.1 Å². The Bertz CT molecular complexity index is 916. The minimum Gasteiger partial charge on any atom is -0.391 e. The molecule has 0 radical (unpaired) electrons. The summed E-state index contributed by atoms with van der Waals surface area (Å²) in [5, 5.41) is 14.0. The van der Waals surface area contributed by atoms with Gasteiger partial charge in [0.25, 0.3) is 0 Å². The lowest BCUT2D eigenvalue weighted by atomic mass is 10.0. The van der Waals surface area contributed by atoms with Crippen molar-refractivity contribution < 1.29 is 32.9 Å². The van der Waals surface area contributed by atoms with Crippen molar-refractivity contribution in [3.05, 3.63) is 0 Å². The largest absolute Gasteiger partial charge is 0.472 e. The third-order valence-corrected chi connectivity index (χ3v) is 12.8. The zero-order valence-electron chi connectivity index (χ0n) is 39.6. The number of phosphoric ester groups is 1. The number of phosphoric acid groups is 1. The Balaban J connectivity index is 4.24. The second-order valence-corrected chi connectivity index (χ2v) is 20.4. The zero-order valence-corrected chi connectivity index (χ0v) is 40.5. The third-order valence-electron chi connectivity index (χ3n) is 11.9. The summed E-state index contributed by atoms with van der Waals surface area (Å²) in [5.74, 6) is -0.138. The Hall–Kier alpha value is -0.500. The van der Waals surface area contributed by atoms with Crippen molar-refractivity contribution in [3.63, 3.8) is 0 Å². The maximum atomic E-state index is 12.9. The van der Waals surface area contributed by atoms with E-state index >= 15 is 0 Å². The van der Waals surface area contributed by atoms with Crippen molar-refractivity contribution in [2.45, 2.75) is 270 Å². The van der Waals surface area contributed by atoms with Crippen LogP contribution >= 0.6 is 7.82 Å². The normalized spacial score (nSPS) is 14.1. The van der Waals surface area contributed by atoms with Gasteiger partial charge in [-0.3, -0.25) is 13.8 Å². The first-order valence-electron chi connectivity index (χ1n) is 25.4. The fourth-order valence-corrected chi connectivity index (χ4v) is 8.55. The molecule has 0 aromatic carbocycles. The molecule has 0 fully saturated rings. The number of rotatable bonds is 47. The van der Waals surface area contributed by atoms with E-state index in [0.717, 1.165) is 38.5 Å². The van der Waals surface area contributed by atoms with Crippen molar-refractivity contribution in [1.29, 1.82) is 0 Å². The first-order valence-corrected chi connectivity index (χ1v) is 26.9. The van der Waals surface area contributed by atoms with Crippen molar-refractivity contribution in [1.82, 2.24) is 5.32 Å². The SMILES string of the molecule is CCCCCCCCCCCCCCCCCCCCC(=O)NC(COP(=O)(O)OCC[N+](C)(C)C)C(O)CCCCCCCCCCCCCCCCCCCC. The summed E-state index contributed by atoms with van der Waals surface area (Å²) in [6.45, 7) is 4.93. The van der Waals surface area contributed by atoms with Gasteiger partial charge in [0.15, 0.2) is 0 Å². The summed E-state index contributed by atoms with van der Waals surface area (Å²) in [5.41, 5.74) is 0. The van der Waals surface area contributed by atoms with Crippen LogP contribution in [0.1, 0.15) is 258 Å². The summed E-state index contributed by atoms with van der Waals surface area (Å²) in [4.78, 5) is 23.2. The van der Waals surface area contributed by atoms with Gasteiger partial charge in [0.05, 0.1) is 39.9 Å². The smallest absolute Gasteiger partial charge is 0.391 e. The molecule has 3 atom stereocenters. The predicted molar refractivity (Wildman–Crippen MR) is 249 cm³/mol. The van der Waals surface area contributed by atoms with Gasteiger partial charge >= 0.3 is 7.82 Å². The average Bonchev–Trinajstić information content (AvgIpc) is 3.17. The lowest BCUT2D eigenvalue weighted by Crippen LogP contribution is -2.46. The number of hydrogen-bond donors (Lipinski definition) is 3. The van der Waals surface area contributed by atoms with E-state index in [9.17, 15) is 19.4 Å². The number of carbonyl (C=O) groups is 1. The van der Waals surface area contributed by atoms with E-state index in [0.29, 0.717) is 23.9 Å². The Labute approximate surface area is 361 Å². The molecule has 3 N–H and O–H groups in total. The standard InChI is InChI=1S/C49H101N2O6P/c1-6-8-10-12-14-16-18-20-22-24-26-28-30-32-34-36-38-40-42-48(52)47(46-57-58(54,55)56-45-44-51(3,4)5)50-49(53)43-41-39-37-35-33-31-29-27-25-23-21-19-17-15-13-11-9-7-2/h47-48,52H,6-46H2,1-5H3,(H-,50,53,54,55)/p+1. The quantitative estimate of drug-likeness (QED) is 0.0320. The molecule has 8 nitrogen and oxygen atoms in total. The molecule has 0 rings (SSSR count). The summed E-state index contributed by atoms with van der Waals surface area (Å²) in [7, 11) is 1.63. The van der Waals surface area contributed by atoms with Crippen LogP contribution < -0.4 is 5.32 Å². The molecular weight excluding hydrogens is 744 g/mol. The van der Waals surface area contributed by atoms with Gasteiger partial charge in [-0.2, -0.15) is 0 Å². The van der Waals surface area contributed by atoms with Crippen molar-refractivity contribution in [2.75, 3.05) is 40.9 Å². The first-order chi connectivity index (χ1) is 28.0. The summed E-state index contributed by atoms with van der Waals surface area (Å²) >= 11 is 0. The second-order valence-electron chi connectivity index (χ2n) is 18.9. The summed E-state index contributed by atoms with van der Waals surface area (Å²) in [6, 6.07) is -0.753. The van der Waals surface area contributed by atoms with Crippen LogP contribution in [-0.4, -0.2) is 73.4 Å². The predicted octanol–water partition coefficient (Wildman–Crippen LogP) is 14.5. The first kappa shape index (κ1) is 57.5. The van der Waals surface area contributed by atoms with E-state index < -0.39 is 20.0 Å². The summed E-state index contributed by atoms with van der Waals surface area (Å²) in [6.07, 6.45) is 47.0. The molecule has 3 unspecified atom stereocenters. The number of nitrogens with zero attached hydrogens (tertiary/aromatic N) is 1. The minimum absolute atomic E-state index is 0.0789. The molecular formula is C49H102N2O6P+. The number of amides is 1. The van der Waals surface area contributed by atoms with Gasteiger partial charge in [0, 0.05) is 6.42 Å². The minimum atomic E-state index is -4.31. The van der Waals surface area contributed by atoms with Gasteiger partial charge in [-0.05, 0) is 12.8 Å². The Kier molecular flexibility index (Phi) is 41.5. The highest BCUT2D eigenvalue weighted by atomic mass is 31.2. The number of aliphatic hydroxyl groups is 1. The van der Waals surface area contributed by atoms with Crippen molar-refractivity contribution in [2.24, 2.45) is 0 Å². The maximum absolute atomic E-state index is 12.9. The summed E-state index contributed by atoms with van der Waals surface area (Å²) < 4.78 is 23.7. The van der Waals surface area contributed by atoms with Gasteiger partial charge in [-0.15, -0.1) is 0 Å². The lowest BCUT2D eigenvalue weighted by molar-refractivity contribution is -0.870. The number of carbonyl (C=O) groups excluding carboxylic acids is 1. The monoisotopic (exact) mass is 846 g/mol. The van der Waals surface area contributed by atoms with Gasteiger partial charge in [-0.1, -0.05) is 239 Å². The van der Waals surface area contributed by atoms with Gasteiger partial charge in [-0.25, -0.2) is 4.57 Å². The fourth-order valence-electron chi connectivity index (χ4n) is 7.81.